The molecular weight excluding hydrogens is 333 g/mol. The Morgan fingerprint density at radius 3 is 2.18 bits per heavy atom. The second kappa shape index (κ2) is 6.47. The summed E-state index contributed by atoms with van der Waals surface area (Å²) in [6.45, 7) is 9.14. The molecule has 0 aromatic rings. The van der Waals surface area contributed by atoms with Crippen LogP contribution in [0.5, 0.6) is 0 Å². The summed E-state index contributed by atoms with van der Waals surface area (Å²) in [7, 11) is 0. The van der Waals surface area contributed by atoms with Crippen LogP contribution in [0.15, 0.2) is 4.99 Å². The molecule has 0 spiro atoms. The van der Waals surface area contributed by atoms with E-state index in [4.69, 9.17) is 4.74 Å². The Kier molecular flexibility index (Phi) is 6.29. The van der Waals surface area contributed by atoms with Crippen LogP contribution in [0, 0.1) is 5.41 Å². The molecule has 0 aromatic carbocycles. The molecule has 0 fully saturated rings. The summed E-state index contributed by atoms with van der Waals surface area (Å²) in [5, 5.41) is 0. The summed E-state index contributed by atoms with van der Waals surface area (Å²) >= 11 is 1.78. The van der Waals surface area contributed by atoms with Crippen LogP contribution in [-0.2, 0) is 14.3 Å². The molecule has 0 rings (SSSR count). The van der Waals surface area contributed by atoms with Crippen molar-refractivity contribution in [2.75, 3.05) is 6.54 Å². The number of ether oxygens (including phenoxy) is 1. The van der Waals surface area contributed by atoms with Crippen molar-refractivity contribution < 1.29 is 14.3 Å². The molecule has 98 valence electrons. The van der Waals surface area contributed by atoms with Crippen molar-refractivity contribution in [3.05, 3.63) is 0 Å². The van der Waals surface area contributed by atoms with Crippen LogP contribution in [0.3, 0.4) is 0 Å². The first kappa shape index (κ1) is 16.5. The van der Waals surface area contributed by atoms with Gasteiger partial charge in [-0.1, -0.05) is 13.8 Å². The second-order valence-electron chi connectivity index (χ2n) is 5.47. The molecule has 0 aliphatic rings. The molecule has 0 radical (unpaired) electrons. The lowest BCUT2D eigenvalue weighted by Crippen LogP contribution is -2.25. The maximum atomic E-state index is 11.3. The fourth-order valence-corrected chi connectivity index (χ4v) is 1.11. The van der Waals surface area contributed by atoms with Gasteiger partial charge in [0, 0.05) is 34.2 Å². The molecule has 0 saturated heterocycles. The van der Waals surface area contributed by atoms with Crippen molar-refractivity contribution in [3.8, 4) is 0 Å². The van der Waals surface area contributed by atoms with Gasteiger partial charge in [-0.2, -0.15) is 0 Å². The Morgan fingerprint density at radius 1 is 1.24 bits per heavy atom. The van der Waals surface area contributed by atoms with Gasteiger partial charge in [0.05, 0.1) is 0 Å². The zero-order chi connectivity index (χ0) is 13.7. The Hall–Kier alpha value is -0.460. The molecule has 0 atom stereocenters. The molecule has 0 N–H and O–H groups in total. The van der Waals surface area contributed by atoms with E-state index in [1.807, 2.05) is 34.6 Å². The molecule has 0 aromatic heterocycles. The molecule has 4 nitrogen and oxygen atoms in total. The van der Waals surface area contributed by atoms with Gasteiger partial charge in [-0.05, 0) is 27.2 Å². The van der Waals surface area contributed by atoms with Crippen LogP contribution in [0.2, 0.25) is 0 Å². The zero-order valence-corrected chi connectivity index (χ0v) is 13.2. The minimum absolute atomic E-state index is 0.00276. The molecule has 0 saturated carbocycles. The molecule has 0 unspecified atom stereocenters. The van der Waals surface area contributed by atoms with Gasteiger partial charge < -0.3 is 4.74 Å². The average Bonchev–Trinajstić information content (AvgIpc) is 2.09. The maximum Gasteiger partial charge on any atom is 0.328 e. The number of rotatable bonds is 5. The first-order chi connectivity index (χ1) is 7.54. The topological polar surface area (TPSA) is 55.7 Å². The predicted octanol–water partition coefficient (Wildman–Crippen LogP) is 2.78. The molecule has 0 bridgehead atoms. The molecule has 0 aliphatic heterocycles. The Labute approximate surface area is 116 Å². The summed E-state index contributed by atoms with van der Waals surface area (Å²) in [5.74, 6) is -0.354. The third-order valence-electron chi connectivity index (χ3n) is 1.90. The summed E-state index contributed by atoms with van der Waals surface area (Å²) < 4.78 is 5.18. The van der Waals surface area contributed by atoms with Crippen molar-refractivity contribution >= 4 is 38.6 Å². The van der Waals surface area contributed by atoms with Crippen LogP contribution >= 0.6 is 22.6 Å². The Balaban J connectivity index is 4.06. The van der Waals surface area contributed by atoms with Gasteiger partial charge in [0.15, 0.2) is 3.79 Å². The lowest BCUT2D eigenvalue weighted by atomic mass is 9.92. The van der Waals surface area contributed by atoms with Crippen LogP contribution < -0.4 is 0 Å². The van der Waals surface area contributed by atoms with Gasteiger partial charge in [0.2, 0.25) is 0 Å². The van der Waals surface area contributed by atoms with E-state index in [1.54, 1.807) is 28.8 Å². The van der Waals surface area contributed by atoms with Gasteiger partial charge in [-0.25, -0.2) is 0 Å². The fraction of sp³-hybridized carbons (Fsp3) is 0.750. The number of hydrogen-bond donors (Lipinski definition) is 0. The van der Waals surface area contributed by atoms with E-state index < -0.39 is 11.0 Å². The summed E-state index contributed by atoms with van der Waals surface area (Å²) in [5.41, 5.74) is -0.915. The minimum Gasteiger partial charge on any atom is -0.459 e. The SMILES string of the molecule is CC(C)(C)OC(=O)CN=CCC(C)(C)C(=O)I. The Morgan fingerprint density at radius 2 is 1.76 bits per heavy atom. The quantitative estimate of drug-likeness (QED) is 0.331. The maximum absolute atomic E-state index is 11.3. The summed E-state index contributed by atoms with van der Waals surface area (Å²) in [4.78, 5) is 26.5. The van der Waals surface area contributed by atoms with E-state index in [9.17, 15) is 9.59 Å². The first-order valence-electron chi connectivity index (χ1n) is 5.45. The highest BCUT2D eigenvalue weighted by Gasteiger charge is 2.23. The third kappa shape index (κ3) is 8.29. The van der Waals surface area contributed by atoms with Gasteiger partial charge >= 0.3 is 5.97 Å². The highest BCUT2D eigenvalue weighted by atomic mass is 127. The fourth-order valence-electron chi connectivity index (χ4n) is 0.886. The molecule has 0 amide bonds. The largest absolute Gasteiger partial charge is 0.459 e. The first-order valence-corrected chi connectivity index (χ1v) is 6.52. The normalized spacial score (nSPS) is 12.8. The van der Waals surface area contributed by atoms with Crippen LogP contribution in [-0.4, -0.2) is 28.1 Å². The van der Waals surface area contributed by atoms with Crippen molar-refractivity contribution in [3.63, 3.8) is 0 Å². The highest BCUT2D eigenvalue weighted by Crippen LogP contribution is 2.23. The van der Waals surface area contributed by atoms with E-state index >= 15 is 0 Å². The van der Waals surface area contributed by atoms with Gasteiger partial charge in [-0.3, -0.25) is 14.6 Å². The van der Waals surface area contributed by atoms with Crippen molar-refractivity contribution in [2.45, 2.75) is 46.6 Å². The lowest BCUT2D eigenvalue weighted by Gasteiger charge is -2.19. The monoisotopic (exact) mass is 353 g/mol. The van der Waals surface area contributed by atoms with E-state index in [2.05, 4.69) is 4.99 Å². The van der Waals surface area contributed by atoms with Gasteiger partial charge in [-0.15, -0.1) is 0 Å². The molecule has 0 aliphatic carbocycles. The van der Waals surface area contributed by atoms with Crippen molar-refractivity contribution in [1.82, 2.24) is 0 Å². The number of halogens is 1. The molecule has 5 heteroatoms. The lowest BCUT2D eigenvalue weighted by molar-refractivity contribution is -0.152. The molecular formula is C12H20INO3. The van der Waals surface area contributed by atoms with E-state index in [1.165, 1.54) is 0 Å². The number of hydrogen-bond acceptors (Lipinski definition) is 4. The van der Waals surface area contributed by atoms with Crippen LogP contribution in [0.1, 0.15) is 41.0 Å². The standard InChI is InChI=1S/C12H20INO3/c1-11(2,3)17-9(15)8-14-7-6-12(4,5)10(13)16/h7H,6,8H2,1-5H3. The minimum atomic E-state index is -0.482. The smallest absolute Gasteiger partial charge is 0.328 e. The number of carbonyl (C=O) groups is 2. The third-order valence-corrected chi connectivity index (χ3v) is 3.36. The summed E-state index contributed by atoms with van der Waals surface area (Å²) in [6.07, 6.45) is 2.14. The summed E-state index contributed by atoms with van der Waals surface area (Å²) in [6, 6.07) is 0. The van der Waals surface area contributed by atoms with Crippen molar-refractivity contribution in [2.24, 2.45) is 10.4 Å². The molecule has 0 heterocycles. The second-order valence-corrected chi connectivity index (χ2v) is 6.45. The van der Waals surface area contributed by atoms with E-state index in [-0.39, 0.29) is 16.3 Å². The Bertz CT molecular complexity index is 316. The van der Waals surface area contributed by atoms with Crippen molar-refractivity contribution in [1.29, 1.82) is 0 Å². The average molecular weight is 353 g/mol. The van der Waals surface area contributed by atoms with E-state index in [0.29, 0.717) is 6.42 Å². The van der Waals surface area contributed by atoms with Gasteiger partial charge in [0.1, 0.15) is 12.1 Å². The predicted molar refractivity (Wildman–Crippen MR) is 76.6 cm³/mol. The number of carbonyl (C=O) groups excluding carboxylic acids is 2. The number of esters is 1. The van der Waals surface area contributed by atoms with Crippen LogP contribution in [0.4, 0.5) is 0 Å². The number of nitrogens with zero attached hydrogens (tertiary/aromatic N) is 1. The van der Waals surface area contributed by atoms with E-state index in [0.717, 1.165) is 0 Å². The van der Waals surface area contributed by atoms with Crippen LogP contribution in [0.25, 0.3) is 0 Å². The zero-order valence-electron chi connectivity index (χ0n) is 11.0. The number of aliphatic imine (C=N–C) groups is 1. The highest BCUT2D eigenvalue weighted by molar-refractivity contribution is 14.1. The molecule has 17 heavy (non-hydrogen) atoms. The van der Waals surface area contributed by atoms with Gasteiger partial charge in [0.25, 0.3) is 0 Å².